The van der Waals surface area contributed by atoms with Gasteiger partial charge < -0.3 is 0 Å². The van der Waals surface area contributed by atoms with Gasteiger partial charge in [-0.05, 0) is 5.57 Å². The maximum Gasteiger partial charge on any atom is 0.231 e. The molecule has 0 N–H and O–H groups in total. The van der Waals surface area contributed by atoms with Crippen molar-refractivity contribution in [2.24, 2.45) is 0 Å². The molecule has 2 rings (SSSR count). The smallest absolute Gasteiger partial charge is 0.231 e. The highest BCUT2D eigenvalue weighted by Crippen LogP contribution is 2.40. The van der Waals surface area contributed by atoms with Crippen molar-refractivity contribution in [2.75, 3.05) is 5.75 Å². The second-order valence-corrected chi connectivity index (χ2v) is 4.53. The number of allylic oxidation sites excluding steroid dienone is 2. The van der Waals surface area contributed by atoms with Crippen molar-refractivity contribution in [3.63, 3.8) is 0 Å². The summed E-state index contributed by atoms with van der Waals surface area (Å²) in [4.78, 5) is 24.3. The predicted molar refractivity (Wildman–Crippen MR) is 55.6 cm³/mol. The van der Waals surface area contributed by atoms with Crippen LogP contribution < -0.4 is 0 Å². The van der Waals surface area contributed by atoms with Crippen LogP contribution in [0, 0.1) is 0 Å². The lowest BCUT2D eigenvalue weighted by atomic mass is 10.1. The second-order valence-electron chi connectivity index (χ2n) is 3.37. The van der Waals surface area contributed by atoms with Gasteiger partial charge in [0, 0.05) is 12.7 Å². The standard InChI is InChI=1S/C10H11NO2S/c1-3-7-5-14-9-4-8(13)11(9)10(7)6(2)12/h3,9H,1,4-5H2,2H3. The lowest BCUT2D eigenvalue weighted by molar-refractivity contribution is -0.140. The van der Waals surface area contributed by atoms with Gasteiger partial charge >= 0.3 is 0 Å². The molecule has 0 aliphatic carbocycles. The molecular weight excluding hydrogens is 198 g/mol. The number of thioether (sulfide) groups is 1. The maximum atomic E-state index is 11.4. The van der Waals surface area contributed by atoms with Crippen LogP contribution in [0.1, 0.15) is 13.3 Å². The number of carbonyl (C=O) groups is 2. The number of fused-ring (bicyclic) bond motifs is 1. The Labute approximate surface area is 86.8 Å². The van der Waals surface area contributed by atoms with Crippen molar-refractivity contribution in [3.05, 3.63) is 23.9 Å². The Morgan fingerprint density at radius 2 is 2.43 bits per heavy atom. The van der Waals surface area contributed by atoms with Crippen molar-refractivity contribution >= 4 is 23.5 Å². The fourth-order valence-electron chi connectivity index (χ4n) is 1.75. The molecule has 74 valence electrons. The van der Waals surface area contributed by atoms with Crippen LogP contribution in [0.4, 0.5) is 0 Å². The quantitative estimate of drug-likeness (QED) is 0.644. The Balaban J connectivity index is 2.42. The Bertz CT molecular complexity index is 359. The Morgan fingerprint density at radius 3 is 2.93 bits per heavy atom. The van der Waals surface area contributed by atoms with Crippen LogP contribution in [-0.2, 0) is 9.59 Å². The molecule has 0 aromatic heterocycles. The number of ketones is 1. The minimum absolute atomic E-state index is 0.0433. The van der Waals surface area contributed by atoms with E-state index in [0.717, 1.165) is 11.3 Å². The summed E-state index contributed by atoms with van der Waals surface area (Å²) in [5, 5.41) is 0.185. The molecule has 1 atom stereocenters. The molecule has 1 saturated heterocycles. The van der Waals surface area contributed by atoms with Gasteiger partial charge in [0.05, 0.1) is 17.5 Å². The number of amides is 1. The fraction of sp³-hybridized carbons (Fsp3) is 0.400. The van der Waals surface area contributed by atoms with Gasteiger partial charge in [0.25, 0.3) is 0 Å². The zero-order chi connectivity index (χ0) is 10.3. The molecule has 1 amide bonds. The summed E-state index contributed by atoms with van der Waals surface area (Å²) in [6.07, 6.45) is 2.23. The predicted octanol–water partition coefficient (Wildman–Crippen LogP) is 1.32. The maximum absolute atomic E-state index is 11.4. The molecule has 14 heavy (non-hydrogen) atoms. The van der Waals surface area contributed by atoms with Crippen molar-refractivity contribution in [1.82, 2.24) is 4.90 Å². The monoisotopic (exact) mass is 209 g/mol. The third-order valence-electron chi connectivity index (χ3n) is 2.46. The highest BCUT2D eigenvalue weighted by molar-refractivity contribution is 8.00. The number of nitrogens with zero attached hydrogens (tertiary/aromatic N) is 1. The Kier molecular flexibility index (Phi) is 2.23. The molecule has 2 heterocycles. The molecule has 3 nitrogen and oxygen atoms in total. The molecule has 1 unspecified atom stereocenters. The number of rotatable bonds is 2. The first-order valence-electron chi connectivity index (χ1n) is 4.45. The van der Waals surface area contributed by atoms with Gasteiger partial charge in [0.1, 0.15) is 0 Å². The average Bonchev–Trinajstić information content (AvgIpc) is 2.15. The van der Waals surface area contributed by atoms with Gasteiger partial charge in [0.15, 0.2) is 5.78 Å². The molecule has 4 heteroatoms. The summed E-state index contributed by atoms with van der Waals surface area (Å²) in [7, 11) is 0. The van der Waals surface area contributed by atoms with Crippen molar-refractivity contribution in [2.45, 2.75) is 18.7 Å². The summed E-state index contributed by atoms with van der Waals surface area (Å²) in [5.74, 6) is 0.789. The number of carbonyl (C=O) groups excluding carboxylic acids is 2. The second kappa shape index (κ2) is 3.28. The van der Waals surface area contributed by atoms with Crippen molar-refractivity contribution in [1.29, 1.82) is 0 Å². The number of β-lactam (4-membered cyclic amide) rings is 1. The highest BCUT2D eigenvalue weighted by atomic mass is 32.2. The van der Waals surface area contributed by atoms with E-state index in [1.165, 1.54) is 6.92 Å². The van der Waals surface area contributed by atoms with Gasteiger partial charge in [-0.3, -0.25) is 14.5 Å². The van der Waals surface area contributed by atoms with Gasteiger partial charge in [-0.1, -0.05) is 12.7 Å². The van der Waals surface area contributed by atoms with E-state index >= 15 is 0 Å². The van der Waals surface area contributed by atoms with E-state index in [1.807, 2.05) is 0 Å². The van der Waals surface area contributed by atoms with Crippen LogP contribution in [0.3, 0.4) is 0 Å². The largest absolute Gasteiger partial charge is 0.296 e. The number of hydrogen-bond donors (Lipinski definition) is 0. The van der Waals surface area contributed by atoms with E-state index in [1.54, 1.807) is 22.7 Å². The first-order chi connectivity index (χ1) is 6.65. The van der Waals surface area contributed by atoms with E-state index in [4.69, 9.17) is 0 Å². The van der Waals surface area contributed by atoms with Crippen LogP contribution in [-0.4, -0.2) is 27.7 Å². The van der Waals surface area contributed by atoms with Crippen LogP contribution in [0.15, 0.2) is 23.9 Å². The molecule has 0 bridgehead atoms. The van der Waals surface area contributed by atoms with Gasteiger partial charge in [-0.15, -0.1) is 11.8 Å². The Hall–Kier alpha value is -1.03. The van der Waals surface area contributed by atoms with Crippen molar-refractivity contribution < 1.29 is 9.59 Å². The topological polar surface area (TPSA) is 37.4 Å². The van der Waals surface area contributed by atoms with Crippen LogP contribution >= 0.6 is 11.8 Å². The van der Waals surface area contributed by atoms with E-state index in [2.05, 4.69) is 6.58 Å². The zero-order valence-corrected chi connectivity index (χ0v) is 8.76. The van der Waals surface area contributed by atoms with E-state index in [9.17, 15) is 9.59 Å². The van der Waals surface area contributed by atoms with Gasteiger partial charge in [-0.25, -0.2) is 0 Å². The van der Waals surface area contributed by atoms with Crippen LogP contribution in [0.5, 0.6) is 0 Å². The molecule has 0 aromatic rings. The summed E-state index contributed by atoms with van der Waals surface area (Å²) in [6.45, 7) is 5.16. The number of Topliss-reactive ketones (excluding diaryl/α,β-unsaturated/α-hetero) is 1. The van der Waals surface area contributed by atoms with Crippen LogP contribution in [0.25, 0.3) is 0 Å². The molecule has 0 radical (unpaired) electrons. The number of hydrogen-bond acceptors (Lipinski definition) is 3. The molecule has 0 aromatic carbocycles. The highest BCUT2D eigenvalue weighted by Gasteiger charge is 2.43. The van der Waals surface area contributed by atoms with E-state index in [-0.39, 0.29) is 17.1 Å². The van der Waals surface area contributed by atoms with Gasteiger partial charge in [0.2, 0.25) is 5.91 Å². The summed E-state index contributed by atoms with van der Waals surface area (Å²) >= 11 is 1.69. The van der Waals surface area contributed by atoms with Gasteiger partial charge in [-0.2, -0.15) is 0 Å². The lowest BCUT2D eigenvalue weighted by Gasteiger charge is -2.44. The molecular formula is C10H11NO2S. The lowest BCUT2D eigenvalue weighted by Crippen LogP contribution is -2.53. The molecule has 2 aliphatic heterocycles. The van der Waals surface area contributed by atoms with Crippen LogP contribution in [0.2, 0.25) is 0 Å². The first kappa shape index (κ1) is 9.52. The summed E-state index contributed by atoms with van der Waals surface area (Å²) in [5.41, 5.74) is 1.44. The zero-order valence-electron chi connectivity index (χ0n) is 7.95. The molecule has 2 aliphatic rings. The Morgan fingerprint density at radius 1 is 1.71 bits per heavy atom. The van der Waals surface area contributed by atoms with E-state index < -0.39 is 0 Å². The molecule has 1 fully saturated rings. The molecule has 0 saturated carbocycles. The average molecular weight is 209 g/mol. The summed E-state index contributed by atoms with van der Waals surface area (Å²) < 4.78 is 0. The minimum atomic E-state index is -0.0433. The van der Waals surface area contributed by atoms with E-state index in [0.29, 0.717) is 12.1 Å². The third kappa shape index (κ3) is 1.21. The minimum Gasteiger partial charge on any atom is -0.296 e. The summed E-state index contributed by atoms with van der Waals surface area (Å²) in [6, 6.07) is 0. The van der Waals surface area contributed by atoms with Crippen molar-refractivity contribution in [3.8, 4) is 0 Å². The first-order valence-corrected chi connectivity index (χ1v) is 5.50. The fourth-order valence-corrected chi connectivity index (χ4v) is 3.01. The molecule has 0 spiro atoms. The SMILES string of the molecule is C=CC1=C(C(C)=O)N2C(=O)CC2SC1. The normalized spacial score (nSPS) is 25.6. The third-order valence-corrected chi connectivity index (χ3v) is 3.70.